The number of sulfonamides is 1. The molecule has 0 amide bonds. The summed E-state index contributed by atoms with van der Waals surface area (Å²) in [5.74, 6) is -0.971. The van der Waals surface area contributed by atoms with Gasteiger partial charge in [0.2, 0.25) is 15.8 Å². The summed E-state index contributed by atoms with van der Waals surface area (Å²) < 4.78 is 39.9. The lowest BCUT2D eigenvalue weighted by Crippen LogP contribution is -2.51. The Morgan fingerprint density at radius 2 is 1.69 bits per heavy atom. The van der Waals surface area contributed by atoms with Gasteiger partial charge in [-0.25, -0.2) is 8.42 Å². The zero-order valence-electron chi connectivity index (χ0n) is 18.6. The van der Waals surface area contributed by atoms with E-state index in [1.807, 2.05) is 12.1 Å². The van der Waals surface area contributed by atoms with Crippen molar-refractivity contribution >= 4 is 15.7 Å². The summed E-state index contributed by atoms with van der Waals surface area (Å²) in [7, 11) is -3.55. The number of hydrogen-bond donors (Lipinski definition) is 0. The molecule has 32 heavy (non-hydrogen) atoms. The van der Waals surface area contributed by atoms with Crippen molar-refractivity contribution in [2.75, 3.05) is 63.9 Å². The van der Waals surface area contributed by atoms with E-state index in [1.165, 1.54) is 11.3 Å². The number of hydrogen-bond acceptors (Lipinski definition) is 6. The van der Waals surface area contributed by atoms with Gasteiger partial charge in [-0.1, -0.05) is 30.3 Å². The Balaban J connectivity index is 1.20. The normalized spacial score (nSPS) is 22.8. The Hall–Kier alpha value is -1.97. The quantitative estimate of drug-likeness (QED) is 0.687. The van der Waals surface area contributed by atoms with Crippen molar-refractivity contribution < 1.29 is 17.9 Å². The number of rotatable bonds is 5. The first-order chi connectivity index (χ1) is 15.5. The van der Waals surface area contributed by atoms with Gasteiger partial charge in [-0.15, -0.1) is 0 Å². The van der Waals surface area contributed by atoms with Gasteiger partial charge in [-0.05, 0) is 43.7 Å². The summed E-state index contributed by atoms with van der Waals surface area (Å²) in [6, 6.07) is 15.7. The van der Waals surface area contributed by atoms with E-state index in [1.54, 1.807) is 16.4 Å². The third-order valence-corrected chi connectivity index (χ3v) is 8.58. The van der Waals surface area contributed by atoms with Gasteiger partial charge in [0, 0.05) is 44.0 Å². The van der Waals surface area contributed by atoms with Gasteiger partial charge >= 0.3 is 0 Å². The molecule has 3 heterocycles. The fourth-order valence-corrected chi connectivity index (χ4v) is 6.71. The number of fused-ring (bicyclic) bond motifs is 2. The Bertz CT molecular complexity index is 1060. The number of piperazine rings is 1. The molecule has 0 N–H and O–H groups in total. The first-order valence-corrected chi connectivity index (χ1v) is 12.8. The molecule has 2 saturated heterocycles. The van der Waals surface area contributed by atoms with Crippen LogP contribution in [0.4, 0.5) is 5.69 Å². The molecule has 2 aromatic carbocycles. The monoisotopic (exact) mass is 457 g/mol. The van der Waals surface area contributed by atoms with E-state index in [9.17, 15) is 8.42 Å². The van der Waals surface area contributed by atoms with Crippen molar-refractivity contribution in [1.29, 1.82) is 0 Å². The molecule has 8 heteroatoms. The highest BCUT2D eigenvalue weighted by Crippen LogP contribution is 2.41. The molecular weight excluding hydrogens is 426 g/mol. The van der Waals surface area contributed by atoms with Crippen LogP contribution < -0.4 is 4.90 Å². The molecule has 1 spiro atoms. The fourth-order valence-electron chi connectivity index (χ4n) is 4.97. The van der Waals surface area contributed by atoms with Crippen LogP contribution in [-0.2, 0) is 25.3 Å². The summed E-state index contributed by atoms with van der Waals surface area (Å²) in [6.45, 7) is 8.59. The Kier molecular flexibility index (Phi) is 5.98. The van der Waals surface area contributed by atoms with Crippen LogP contribution in [-0.4, -0.2) is 76.6 Å². The molecule has 0 atom stereocenters. The highest BCUT2D eigenvalue weighted by molar-refractivity contribution is 7.89. The van der Waals surface area contributed by atoms with E-state index >= 15 is 0 Å². The Morgan fingerprint density at radius 1 is 0.938 bits per heavy atom. The lowest BCUT2D eigenvalue weighted by molar-refractivity contribution is -0.176. The minimum absolute atomic E-state index is 0.216. The molecule has 2 fully saturated rings. The van der Waals surface area contributed by atoms with Gasteiger partial charge in [0.1, 0.15) is 0 Å². The topological polar surface area (TPSA) is 62.3 Å². The summed E-state index contributed by atoms with van der Waals surface area (Å²) in [5, 5.41) is 0. The fraction of sp³-hybridized carbons (Fsp3) is 0.500. The van der Waals surface area contributed by atoms with Crippen molar-refractivity contribution in [2.45, 2.75) is 24.0 Å². The van der Waals surface area contributed by atoms with Gasteiger partial charge < -0.3 is 14.4 Å². The Labute approximate surface area is 190 Å². The molecule has 5 rings (SSSR count). The van der Waals surface area contributed by atoms with Gasteiger partial charge in [0.25, 0.3) is 0 Å². The third-order valence-electron chi connectivity index (χ3n) is 6.67. The van der Waals surface area contributed by atoms with Crippen molar-refractivity contribution in [1.82, 2.24) is 9.21 Å². The van der Waals surface area contributed by atoms with Crippen LogP contribution in [0.25, 0.3) is 0 Å². The van der Waals surface area contributed by atoms with E-state index in [-0.39, 0.29) is 6.54 Å². The number of anilines is 1. The summed E-state index contributed by atoms with van der Waals surface area (Å²) in [4.78, 5) is 5.16. The van der Waals surface area contributed by atoms with Gasteiger partial charge in [-0.2, -0.15) is 4.31 Å². The van der Waals surface area contributed by atoms with Crippen LogP contribution in [0.5, 0.6) is 0 Å². The molecule has 7 nitrogen and oxygen atoms in total. The molecule has 3 aliphatic heterocycles. The van der Waals surface area contributed by atoms with Crippen LogP contribution in [0, 0.1) is 6.92 Å². The molecule has 0 radical (unpaired) electrons. The van der Waals surface area contributed by atoms with Crippen LogP contribution in [0.2, 0.25) is 0 Å². The zero-order chi connectivity index (χ0) is 22.2. The van der Waals surface area contributed by atoms with Crippen LogP contribution in [0.15, 0.2) is 53.4 Å². The molecular formula is C24H31N3O4S. The predicted octanol–water partition coefficient (Wildman–Crippen LogP) is 2.41. The van der Waals surface area contributed by atoms with Crippen LogP contribution in [0.1, 0.15) is 17.5 Å². The number of aryl methyl sites for hydroxylation is 1. The number of ether oxygens (including phenoxy) is 2. The van der Waals surface area contributed by atoms with E-state index in [2.05, 4.69) is 41.0 Å². The predicted molar refractivity (Wildman–Crippen MR) is 123 cm³/mol. The maximum Gasteiger partial charge on any atom is 0.243 e. The molecule has 2 aromatic rings. The molecule has 0 bridgehead atoms. The van der Waals surface area contributed by atoms with Crippen LogP contribution in [0.3, 0.4) is 0 Å². The minimum Gasteiger partial charge on any atom is -0.369 e. The number of nitrogens with zero attached hydrogens (tertiary/aromatic N) is 3. The zero-order valence-corrected chi connectivity index (χ0v) is 19.4. The SMILES string of the molecule is Cc1cccc(N2CCN(CCCN3CC4(OCCO4)c4ccccc4S3(=O)=O)CC2)c1. The first-order valence-electron chi connectivity index (χ1n) is 11.4. The third kappa shape index (κ3) is 4.06. The molecule has 172 valence electrons. The maximum absolute atomic E-state index is 13.2. The van der Waals surface area contributed by atoms with Gasteiger partial charge in [0.05, 0.1) is 24.7 Å². The highest BCUT2D eigenvalue weighted by Gasteiger charge is 2.50. The van der Waals surface area contributed by atoms with E-state index in [0.29, 0.717) is 30.2 Å². The van der Waals surface area contributed by atoms with Gasteiger partial charge in [0.15, 0.2) is 0 Å². The Morgan fingerprint density at radius 3 is 2.44 bits per heavy atom. The van der Waals surface area contributed by atoms with E-state index in [0.717, 1.165) is 39.1 Å². The number of benzene rings is 2. The van der Waals surface area contributed by atoms with Crippen molar-refractivity contribution in [3.8, 4) is 0 Å². The molecule has 0 aliphatic carbocycles. The van der Waals surface area contributed by atoms with E-state index in [4.69, 9.17) is 9.47 Å². The van der Waals surface area contributed by atoms with Crippen LogP contribution >= 0.6 is 0 Å². The smallest absolute Gasteiger partial charge is 0.243 e. The second kappa shape index (κ2) is 8.76. The average molecular weight is 458 g/mol. The standard InChI is InChI=1S/C24H31N3O4S/c1-20-6-4-7-21(18-20)26-14-12-25(13-15-26)10-5-11-27-19-24(30-16-17-31-24)22-8-2-3-9-23(22)32(27,28)29/h2-4,6-9,18H,5,10-17,19H2,1H3. The van der Waals surface area contributed by atoms with E-state index < -0.39 is 15.8 Å². The van der Waals surface area contributed by atoms with Crippen molar-refractivity contribution in [3.05, 3.63) is 59.7 Å². The molecule has 0 aromatic heterocycles. The molecule has 3 aliphatic rings. The summed E-state index contributed by atoms with van der Waals surface area (Å²) in [6.07, 6.45) is 0.780. The van der Waals surface area contributed by atoms with Crippen molar-refractivity contribution in [3.63, 3.8) is 0 Å². The minimum atomic E-state index is -3.55. The largest absolute Gasteiger partial charge is 0.369 e. The molecule has 0 unspecified atom stereocenters. The highest BCUT2D eigenvalue weighted by atomic mass is 32.2. The average Bonchev–Trinajstić information content (AvgIpc) is 3.27. The summed E-state index contributed by atoms with van der Waals surface area (Å²) in [5.41, 5.74) is 3.19. The lowest BCUT2D eigenvalue weighted by Gasteiger charge is -2.40. The lowest BCUT2D eigenvalue weighted by atomic mass is 10.1. The second-order valence-corrected chi connectivity index (χ2v) is 10.7. The first kappa shape index (κ1) is 21.9. The summed E-state index contributed by atoms with van der Waals surface area (Å²) >= 11 is 0. The molecule has 0 saturated carbocycles. The maximum atomic E-state index is 13.2. The van der Waals surface area contributed by atoms with Gasteiger partial charge in [-0.3, -0.25) is 4.90 Å². The van der Waals surface area contributed by atoms with Crippen molar-refractivity contribution in [2.24, 2.45) is 0 Å². The second-order valence-electron chi connectivity index (χ2n) is 8.81.